The minimum Gasteiger partial charge on any atom is -0.295 e. The quantitative estimate of drug-likeness (QED) is 0.674. The van der Waals surface area contributed by atoms with Gasteiger partial charge in [0.25, 0.3) is 0 Å². The lowest BCUT2D eigenvalue weighted by molar-refractivity contribution is 0.101. The van der Waals surface area contributed by atoms with Crippen LogP contribution in [-0.4, -0.2) is 20.8 Å². The molecule has 1 aromatic carbocycles. The summed E-state index contributed by atoms with van der Waals surface area (Å²) in [5.74, 6) is -0.0185. The van der Waals surface area contributed by atoms with Gasteiger partial charge in [0.1, 0.15) is 5.52 Å². The molecule has 0 amide bonds. The predicted molar refractivity (Wildman–Crippen MR) is 53.5 cm³/mol. The molecule has 1 aromatic heterocycles. The number of aryl methyl sites for hydroxylation is 1. The first-order chi connectivity index (χ1) is 6.59. The van der Waals surface area contributed by atoms with Gasteiger partial charge in [-0.3, -0.25) is 4.79 Å². The molecule has 5 heteroatoms. The molecule has 2 rings (SSSR count). The van der Waals surface area contributed by atoms with E-state index < -0.39 is 0 Å². The molecule has 0 unspecified atom stereocenters. The number of carbonyl (C=O) groups is 1. The van der Waals surface area contributed by atoms with Crippen molar-refractivity contribution < 1.29 is 4.79 Å². The molecule has 14 heavy (non-hydrogen) atoms. The van der Waals surface area contributed by atoms with E-state index in [2.05, 4.69) is 10.3 Å². The maximum Gasteiger partial charge on any atom is 0.159 e. The summed E-state index contributed by atoms with van der Waals surface area (Å²) in [6.45, 7) is 1.50. The largest absolute Gasteiger partial charge is 0.295 e. The highest BCUT2D eigenvalue weighted by atomic mass is 35.5. The second-order valence-electron chi connectivity index (χ2n) is 3.10. The van der Waals surface area contributed by atoms with Crippen molar-refractivity contribution in [3.05, 3.63) is 22.7 Å². The van der Waals surface area contributed by atoms with Gasteiger partial charge in [-0.25, -0.2) is 4.68 Å². The maximum absolute atomic E-state index is 11.2. The monoisotopic (exact) mass is 209 g/mol. The Bertz CT molecular complexity index is 518. The Morgan fingerprint density at radius 2 is 2.21 bits per heavy atom. The Hall–Kier alpha value is -1.42. The van der Waals surface area contributed by atoms with E-state index in [1.54, 1.807) is 23.9 Å². The van der Waals surface area contributed by atoms with Crippen LogP contribution in [-0.2, 0) is 7.05 Å². The van der Waals surface area contributed by atoms with E-state index in [-0.39, 0.29) is 5.78 Å². The molecule has 2 aromatic rings. The van der Waals surface area contributed by atoms with Crippen molar-refractivity contribution in [1.82, 2.24) is 15.0 Å². The third kappa shape index (κ3) is 1.28. The molecule has 4 nitrogen and oxygen atoms in total. The van der Waals surface area contributed by atoms with E-state index in [0.717, 1.165) is 5.52 Å². The second kappa shape index (κ2) is 3.06. The van der Waals surface area contributed by atoms with Gasteiger partial charge in [-0.05, 0) is 19.1 Å². The number of nitrogens with zero attached hydrogens (tertiary/aromatic N) is 3. The Morgan fingerprint density at radius 3 is 2.86 bits per heavy atom. The van der Waals surface area contributed by atoms with Crippen molar-refractivity contribution in [3.63, 3.8) is 0 Å². The van der Waals surface area contributed by atoms with Crippen molar-refractivity contribution in [1.29, 1.82) is 0 Å². The Balaban J connectivity index is 2.82. The van der Waals surface area contributed by atoms with Crippen molar-refractivity contribution >= 4 is 28.4 Å². The van der Waals surface area contributed by atoms with Crippen LogP contribution in [0.4, 0.5) is 0 Å². The molecule has 0 fully saturated rings. The zero-order valence-electron chi connectivity index (χ0n) is 7.78. The number of halogens is 1. The Labute approximate surface area is 85.5 Å². The fraction of sp³-hybridized carbons (Fsp3) is 0.222. The van der Waals surface area contributed by atoms with E-state index in [1.165, 1.54) is 6.92 Å². The molecule has 0 saturated heterocycles. The topological polar surface area (TPSA) is 47.8 Å². The second-order valence-corrected chi connectivity index (χ2v) is 3.50. The summed E-state index contributed by atoms with van der Waals surface area (Å²) >= 11 is 5.95. The summed E-state index contributed by atoms with van der Waals surface area (Å²) in [7, 11) is 1.76. The normalized spacial score (nSPS) is 10.8. The van der Waals surface area contributed by atoms with Crippen LogP contribution in [0, 0.1) is 0 Å². The lowest BCUT2D eigenvalue weighted by Crippen LogP contribution is -1.94. The first-order valence-electron chi connectivity index (χ1n) is 4.09. The molecule has 0 saturated carbocycles. The SMILES string of the molecule is CC(=O)c1cc(Cl)c2nnn(C)c2c1. The van der Waals surface area contributed by atoms with Gasteiger partial charge in [-0.2, -0.15) is 0 Å². The fourth-order valence-corrected chi connectivity index (χ4v) is 1.55. The third-order valence-electron chi connectivity index (χ3n) is 2.08. The molecule has 0 N–H and O–H groups in total. The zero-order valence-corrected chi connectivity index (χ0v) is 8.54. The number of hydrogen-bond donors (Lipinski definition) is 0. The smallest absolute Gasteiger partial charge is 0.159 e. The number of ketones is 1. The zero-order chi connectivity index (χ0) is 10.3. The molecule has 0 aliphatic carbocycles. The van der Waals surface area contributed by atoms with Gasteiger partial charge in [0.05, 0.1) is 10.5 Å². The standard InChI is InChI=1S/C9H8ClN3O/c1-5(14)6-3-7(10)9-8(4-6)13(2)12-11-9/h3-4H,1-2H3. The van der Waals surface area contributed by atoms with Crippen LogP contribution in [0.3, 0.4) is 0 Å². The van der Waals surface area contributed by atoms with Crippen molar-refractivity contribution in [2.45, 2.75) is 6.92 Å². The van der Waals surface area contributed by atoms with Crippen LogP contribution < -0.4 is 0 Å². The third-order valence-corrected chi connectivity index (χ3v) is 2.37. The van der Waals surface area contributed by atoms with Gasteiger partial charge >= 0.3 is 0 Å². The van der Waals surface area contributed by atoms with Gasteiger partial charge in [-0.15, -0.1) is 5.10 Å². The van der Waals surface area contributed by atoms with Crippen LogP contribution in [0.5, 0.6) is 0 Å². The summed E-state index contributed by atoms with van der Waals surface area (Å²) in [6.07, 6.45) is 0. The maximum atomic E-state index is 11.2. The number of benzene rings is 1. The average molecular weight is 210 g/mol. The van der Waals surface area contributed by atoms with E-state index >= 15 is 0 Å². The first-order valence-corrected chi connectivity index (χ1v) is 4.47. The van der Waals surface area contributed by atoms with E-state index in [9.17, 15) is 4.79 Å². The van der Waals surface area contributed by atoms with Gasteiger partial charge in [0, 0.05) is 12.6 Å². The van der Waals surface area contributed by atoms with Crippen LogP contribution in [0.25, 0.3) is 11.0 Å². The molecular weight excluding hydrogens is 202 g/mol. The minimum atomic E-state index is -0.0185. The number of Topliss-reactive ketones (excluding diaryl/α,β-unsaturated/α-hetero) is 1. The Kier molecular flexibility index (Phi) is 2.00. The number of hydrogen-bond acceptors (Lipinski definition) is 3. The van der Waals surface area contributed by atoms with Gasteiger partial charge < -0.3 is 0 Å². The lowest BCUT2D eigenvalue weighted by atomic mass is 10.1. The molecule has 0 aliphatic heterocycles. The molecule has 0 bridgehead atoms. The number of carbonyl (C=O) groups excluding carboxylic acids is 1. The molecule has 0 aliphatic rings. The van der Waals surface area contributed by atoms with Gasteiger partial charge in [0.2, 0.25) is 0 Å². The Morgan fingerprint density at radius 1 is 1.50 bits per heavy atom. The highest BCUT2D eigenvalue weighted by molar-refractivity contribution is 6.35. The summed E-state index contributed by atoms with van der Waals surface area (Å²) in [5, 5.41) is 8.17. The molecule has 72 valence electrons. The lowest BCUT2D eigenvalue weighted by Gasteiger charge is -1.98. The van der Waals surface area contributed by atoms with Crippen LogP contribution >= 0.6 is 11.6 Å². The van der Waals surface area contributed by atoms with E-state index in [4.69, 9.17) is 11.6 Å². The average Bonchev–Trinajstić information content (AvgIpc) is 2.48. The van der Waals surface area contributed by atoms with Gasteiger partial charge in [-0.1, -0.05) is 16.8 Å². The minimum absolute atomic E-state index is 0.0185. The van der Waals surface area contributed by atoms with E-state index in [1.807, 2.05) is 0 Å². The summed E-state index contributed by atoms with van der Waals surface area (Å²) in [5.41, 5.74) is 1.97. The van der Waals surface area contributed by atoms with Crippen LogP contribution in [0.15, 0.2) is 12.1 Å². The number of fused-ring (bicyclic) bond motifs is 1. The fourth-order valence-electron chi connectivity index (χ4n) is 1.29. The molecule has 0 spiro atoms. The highest BCUT2D eigenvalue weighted by Gasteiger charge is 2.09. The molecule has 0 radical (unpaired) electrons. The van der Waals surface area contributed by atoms with Gasteiger partial charge in [0.15, 0.2) is 5.78 Å². The highest BCUT2D eigenvalue weighted by Crippen LogP contribution is 2.22. The predicted octanol–water partition coefficient (Wildman–Crippen LogP) is 1.82. The number of rotatable bonds is 1. The molecular formula is C9H8ClN3O. The van der Waals surface area contributed by atoms with Crippen LogP contribution in [0.2, 0.25) is 5.02 Å². The van der Waals surface area contributed by atoms with Crippen molar-refractivity contribution in [2.24, 2.45) is 7.05 Å². The first kappa shape index (κ1) is 9.15. The molecule has 1 heterocycles. The number of aromatic nitrogens is 3. The van der Waals surface area contributed by atoms with Crippen molar-refractivity contribution in [2.75, 3.05) is 0 Å². The van der Waals surface area contributed by atoms with E-state index in [0.29, 0.717) is 16.1 Å². The molecule has 0 atom stereocenters. The summed E-state index contributed by atoms with van der Waals surface area (Å²) in [6, 6.07) is 3.35. The summed E-state index contributed by atoms with van der Waals surface area (Å²) < 4.78 is 1.59. The van der Waals surface area contributed by atoms with Crippen molar-refractivity contribution in [3.8, 4) is 0 Å². The summed E-state index contributed by atoms with van der Waals surface area (Å²) in [4.78, 5) is 11.2. The van der Waals surface area contributed by atoms with Crippen LogP contribution in [0.1, 0.15) is 17.3 Å².